The average molecular weight is 738 g/mol. The van der Waals surface area contributed by atoms with Crippen LogP contribution in [0.25, 0.3) is 126 Å². The summed E-state index contributed by atoms with van der Waals surface area (Å²) in [5.41, 5.74) is 8.28. The maximum absolute atomic E-state index is 6.49. The Morgan fingerprint density at radius 2 is 0.948 bits per heavy atom. The molecule has 0 aliphatic heterocycles. The molecule has 0 radical (unpaired) electrons. The van der Waals surface area contributed by atoms with Gasteiger partial charge in [0.25, 0.3) is 0 Å². The van der Waals surface area contributed by atoms with Crippen molar-refractivity contribution in [3.05, 3.63) is 188 Å². The van der Waals surface area contributed by atoms with Crippen LogP contribution in [-0.2, 0) is 0 Å². The number of para-hydroxylation sites is 1. The second-order valence-electron chi connectivity index (χ2n) is 15.2. The van der Waals surface area contributed by atoms with Gasteiger partial charge in [0, 0.05) is 27.1 Å². The lowest BCUT2D eigenvalue weighted by molar-refractivity contribution is 0.653. The summed E-state index contributed by atoms with van der Waals surface area (Å²) in [5, 5.41) is 15.4. The summed E-state index contributed by atoms with van der Waals surface area (Å²) in [7, 11) is 0. The summed E-state index contributed by atoms with van der Waals surface area (Å²) >= 11 is 0. The number of nitrogens with zero attached hydrogens (tertiary/aromatic N) is 3. The average Bonchev–Trinajstić information content (AvgIpc) is 3.82. The van der Waals surface area contributed by atoms with Crippen molar-refractivity contribution in [2.45, 2.75) is 0 Å². The first-order valence-electron chi connectivity index (χ1n) is 19.7. The number of fused-ring (bicyclic) bond motifs is 15. The highest BCUT2D eigenvalue weighted by atomic mass is 16.3. The SMILES string of the molecule is c1ccc(-c2ccc(-c3nc4oc5ccccc5c4nc3-n3c4cc5ccccc5cc4c4c5c6ccccc6c6ccccc6c5ccc43)c3ccccc23)cc1. The molecule has 0 saturated carbocycles. The molecule has 0 atom stereocenters. The standard InChI is InChI=1S/C54H31N3O/c1-2-14-32(15-3-1)35-26-27-43(40-22-9-6-18-36(35)40)51-53(55-52-44-24-12-13-25-48(44)58-54(52)56-51)57-46-29-28-42-39-21-8-7-19-37(39)38-20-10-11-23-41(38)49(42)50(46)45-30-33-16-4-5-17-34(33)31-47(45)57/h1-31H. The Morgan fingerprint density at radius 3 is 1.71 bits per heavy atom. The molecule has 0 bridgehead atoms. The third kappa shape index (κ3) is 4.34. The topological polar surface area (TPSA) is 43.9 Å². The maximum atomic E-state index is 6.49. The summed E-state index contributed by atoms with van der Waals surface area (Å²) < 4.78 is 8.85. The lowest BCUT2D eigenvalue weighted by atomic mass is 9.91. The fourth-order valence-electron chi connectivity index (χ4n) is 9.64. The molecule has 0 spiro atoms. The van der Waals surface area contributed by atoms with Crippen LogP contribution in [0.5, 0.6) is 0 Å². The van der Waals surface area contributed by atoms with Crippen LogP contribution in [0.1, 0.15) is 0 Å². The van der Waals surface area contributed by atoms with Gasteiger partial charge >= 0.3 is 0 Å². The van der Waals surface area contributed by atoms with E-state index in [9.17, 15) is 0 Å². The first-order valence-corrected chi connectivity index (χ1v) is 19.7. The molecule has 0 amide bonds. The van der Waals surface area contributed by atoms with Gasteiger partial charge < -0.3 is 4.42 Å². The zero-order valence-corrected chi connectivity index (χ0v) is 31.1. The summed E-state index contributed by atoms with van der Waals surface area (Å²) in [6, 6.07) is 67.4. The van der Waals surface area contributed by atoms with Crippen molar-refractivity contribution < 1.29 is 4.42 Å². The highest BCUT2D eigenvalue weighted by Gasteiger charge is 2.25. The van der Waals surface area contributed by atoms with Crippen molar-refractivity contribution in [2.75, 3.05) is 0 Å². The van der Waals surface area contributed by atoms with Crippen LogP contribution in [0.2, 0.25) is 0 Å². The van der Waals surface area contributed by atoms with Gasteiger partial charge in [0.2, 0.25) is 5.71 Å². The van der Waals surface area contributed by atoms with E-state index in [4.69, 9.17) is 14.4 Å². The molecule has 10 aromatic carbocycles. The Morgan fingerprint density at radius 1 is 0.379 bits per heavy atom. The van der Waals surface area contributed by atoms with Crippen molar-refractivity contribution in [1.82, 2.24) is 14.5 Å². The zero-order chi connectivity index (χ0) is 37.9. The van der Waals surface area contributed by atoms with Crippen molar-refractivity contribution in [3.63, 3.8) is 0 Å². The van der Waals surface area contributed by atoms with Crippen LogP contribution in [0.3, 0.4) is 0 Å². The minimum Gasteiger partial charge on any atom is -0.436 e. The van der Waals surface area contributed by atoms with E-state index in [2.05, 4.69) is 174 Å². The van der Waals surface area contributed by atoms with Crippen molar-refractivity contribution in [3.8, 4) is 28.2 Å². The van der Waals surface area contributed by atoms with E-state index in [-0.39, 0.29) is 0 Å². The van der Waals surface area contributed by atoms with Crippen LogP contribution >= 0.6 is 0 Å². The molecule has 0 aliphatic carbocycles. The van der Waals surface area contributed by atoms with Crippen LogP contribution in [-0.4, -0.2) is 14.5 Å². The summed E-state index contributed by atoms with van der Waals surface area (Å²) in [4.78, 5) is 11.1. The van der Waals surface area contributed by atoms with Gasteiger partial charge in [0.15, 0.2) is 5.82 Å². The third-order valence-corrected chi connectivity index (χ3v) is 12.2. The van der Waals surface area contributed by atoms with E-state index in [0.717, 1.165) is 55.4 Å². The Labute approximate surface area is 331 Å². The van der Waals surface area contributed by atoms with E-state index < -0.39 is 0 Å². The molecular formula is C54H31N3O. The van der Waals surface area contributed by atoms with E-state index in [0.29, 0.717) is 5.71 Å². The van der Waals surface area contributed by atoms with Crippen LogP contribution in [0.15, 0.2) is 192 Å². The monoisotopic (exact) mass is 737 g/mol. The molecule has 13 rings (SSSR count). The molecule has 0 aliphatic rings. The molecule has 0 fully saturated rings. The summed E-state index contributed by atoms with van der Waals surface area (Å²) in [6.07, 6.45) is 0. The van der Waals surface area contributed by atoms with Crippen LogP contribution in [0, 0.1) is 0 Å². The molecule has 0 N–H and O–H groups in total. The first kappa shape index (κ1) is 31.4. The second kappa shape index (κ2) is 11.8. The number of rotatable bonds is 3. The van der Waals surface area contributed by atoms with E-state index in [1.165, 1.54) is 65.0 Å². The maximum Gasteiger partial charge on any atom is 0.247 e. The quantitative estimate of drug-likeness (QED) is 0.170. The molecule has 13 aromatic rings. The van der Waals surface area contributed by atoms with Crippen LogP contribution < -0.4 is 0 Å². The first-order chi connectivity index (χ1) is 28.8. The van der Waals surface area contributed by atoms with Crippen molar-refractivity contribution >= 4 is 97.9 Å². The molecule has 268 valence electrons. The van der Waals surface area contributed by atoms with Gasteiger partial charge in [-0.1, -0.05) is 158 Å². The summed E-state index contributed by atoms with van der Waals surface area (Å²) in [6.45, 7) is 0. The molecule has 3 aromatic heterocycles. The second-order valence-corrected chi connectivity index (χ2v) is 15.2. The largest absolute Gasteiger partial charge is 0.436 e. The molecule has 4 heteroatoms. The predicted octanol–water partition coefficient (Wildman–Crippen LogP) is 14.6. The molecule has 0 unspecified atom stereocenters. The Bertz CT molecular complexity index is 3820. The van der Waals surface area contributed by atoms with Gasteiger partial charge in [-0.3, -0.25) is 4.57 Å². The normalized spacial score (nSPS) is 12.1. The van der Waals surface area contributed by atoms with Gasteiger partial charge in [-0.15, -0.1) is 0 Å². The van der Waals surface area contributed by atoms with Gasteiger partial charge in [-0.05, 0) is 89.9 Å². The van der Waals surface area contributed by atoms with Crippen molar-refractivity contribution in [2.24, 2.45) is 0 Å². The van der Waals surface area contributed by atoms with E-state index in [1.807, 2.05) is 18.2 Å². The highest BCUT2D eigenvalue weighted by molar-refractivity contribution is 6.36. The molecule has 4 nitrogen and oxygen atoms in total. The van der Waals surface area contributed by atoms with Gasteiger partial charge in [0.05, 0.1) is 11.0 Å². The smallest absolute Gasteiger partial charge is 0.247 e. The predicted molar refractivity (Wildman–Crippen MR) is 242 cm³/mol. The van der Waals surface area contributed by atoms with Crippen molar-refractivity contribution in [1.29, 1.82) is 0 Å². The van der Waals surface area contributed by atoms with Gasteiger partial charge in [0.1, 0.15) is 16.8 Å². The fourth-order valence-corrected chi connectivity index (χ4v) is 9.64. The molecule has 58 heavy (non-hydrogen) atoms. The number of aromatic nitrogens is 3. The Hall–Kier alpha value is -7.82. The minimum absolute atomic E-state index is 0.519. The zero-order valence-electron chi connectivity index (χ0n) is 31.1. The van der Waals surface area contributed by atoms with Crippen LogP contribution in [0.4, 0.5) is 0 Å². The number of hydrogen-bond donors (Lipinski definition) is 0. The number of hydrogen-bond acceptors (Lipinski definition) is 3. The molecule has 0 saturated heterocycles. The Kier molecular flexibility index (Phi) is 6.41. The highest BCUT2D eigenvalue weighted by Crippen LogP contribution is 2.46. The molecule has 3 heterocycles. The van der Waals surface area contributed by atoms with Gasteiger partial charge in [-0.2, -0.15) is 0 Å². The third-order valence-electron chi connectivity index (χ3n) is 12.2. The van der Waals surface area contributed by atoms with Gasteiger partial charge in [-0.25, -0.2) is 9.97 Å². The lowest BCUT2D eigenvalue weighted by Gasteiger charge is -2.16. The number of furan rings is 1. The Balaban J connectivity index is 1.24. The van der Waals surface area contributed by atoms with E-state index in [1.54, 1.807) is 0 Å². The fraction of sp³-hybridized carbons (Fsp3) is 0. The lowest BCUT2D eigenvalue weighted by Crippen LogP contribution is -2.03. The molecular weight excluding hydrogens is 707 g/mol. The number of benzene rings is 10. The summed E-state index contributed by atoms with van der Waals surface area (Å²) in [5.74, 6) is 0.761. The van der Waals surface area contributed by atoms with E-state index >= 15 is 0 Å². The minimum atomic E-state index is 0.519.